The van der Waals surface area contributed by atoms with E-state index in [2.05, 4.69) is 39.5 Å². The lowest BCUT2D eigenvalue weighted by Crippen LogP contribution is -1.96. The molecule has 0 spiro atoms. The molecule has 2 N–H and O–H groups in total. The van der Waals surface area contributed by atoms with Crippen LogP contribution >= 0.6 is 35.0 Å². The molecule has 0 fully saturated rings. The minimum atomic E-state index is 0.633. The lowest BCUT2D eigenvalue weighted by atomic mass is 10.2. The van der Waals surface area contributed by atoms with Gasteiger partial charge in [-0.3, -0.25) is 0 Å². The van der Waals surface area contributed by atoms with Gasteiger partial charge in [-0.2, -0.15) is 17.0 Å². The average molecular weight is 377 g/mol. The van der Waals surface area contributed by atoms with E-state index in [1.807, 2.05) is 30.9 Å². The summed E-state index contributed by atoms with van der Waals surface area (Å²) in [6.45, 7) is 3.82. The van der Waals surface area contributed by atoms with Crippen molar-refractivity contribution in [1.82, 2.24) is 4.98 Å². The Bertz CT molecular complexity index is 747. The van der Waals surface area contributed by atoms with Crippen LogP contribution in [0.4, 0.5) is 11.4 Å². The van der Waals surface area contributed by atoms with E-state index in [0.717, 1.165) is 33.5 Å². The van der Waals surface area contributed by atoms with Gasteiger partial charge in [0.05, 0.1) is 17.4 Å². The van der Waals surface area contributed by atoms with Crippen LogP contribution in [0.5, 0.6) is 0 Å². The third-order valence-electron chi connectivity index (χ3n) is 3.13. The maximum absolute atomic E-state index is 8.87. The molecule has 0 aliphatic heterocycles. The SMILES string of the molecule is CSCCc1cnc(SNc2ccc(C)cc2N/C=C(\C)C#N)s1. The Balaban J connectivity index is 2.04. The molecule has 1 aromatic heterocycles. The summed E-state index contributed by atoms with van der Waals surface area (Å²) in [4.78, 5) is 5.76. The first-order chi connectivity index (χ1) is 11.6. The maximum atomic E-state index is 8.87. The fraction of sp³-hybridized carbons (Fsp3) is 0.294. The fourth-order valence-electron chi connectivity index (χ4n) is 1.84. The smallest absolute Gasteiger partial charge is 0.170 e. The maximum Gasteiger partial charge on any atom is 0.170 e. The van der Waals surface area contributed by atoms with Crippen LogP contribution in [0, 0.1) is 18.3 Å². The molecule has 0 unspecified atom stereocenters. The molecule has 0 aliphatic rings. The largest absolute Gasteiger partial charge is 0.359 e. The summed E-state index contributed by atoms with van der Waals surface area (Å²) in [7, 11) is 0. The number of aryl methyl sites for hydroxylation is 2. The minimum Gasteiger partial charge on any atom is -0.359 e. The molecule has 0 amide bonds. The minimum absolute atomic E-state index is 0.633. The second-order valence-electron chi connectivity index (χ2n) is 5.17. The molecule has 7 heteroatoms. The second-order valence-corrected chi connectivity index (χ2v) is 8.33. The molecule has 0 bridgehead atoms. The fourth-order valence-corrected chi connectivity index (χ4v) is 4.12. The van der Waals surface area contributed by atoms with Crippen LogP contribution in [0.15, 0.2) is 40.5 Å². The molecule has 0 aliphatic carbocycles. The number of anilines is 2. The van der Waals surface area contributed by atoms with E-state index in [4.69, 9.17) is 5.26 Å². The molecule has 4 nitrogen and oxygen atoms in total. The molecular weight excluding hydrogens is 356 g/mol. The Hall–Kier alpha value is -1.62. The van der Waals surface area contributed by atoms with Crippen molar-refractivity contribution in [2.45, 2.75) is 24.6 Å². The van der Waals surface area contributed by atoms with Gasteiger partial charge in [-0.1, -0.05) is 6.07 Å². The number of hydrogen-bond donors (Lipinski definition) is 2. The molecule has 0 saturated carbocycles. The van der Waals surface area contributed by atoms with Crippen LogP contribution < -0.4 is 10.0 Å². The molecule has 0 atom stereocenters. The molecule has 2 rings (SSSR count). The number of thioether (sulfide) groups is 1. The second kappa shape index (κ2) is 9.62. The summed E-state index contributed by atoms with van der Waals surface area (Å²) in [6.07, 6.45) is 6.86. The van der Waals surface area contributed by atoms with Crippen molar-refractivity contribution in [2.24, 2.45) is 0 Å². The summed E-state index contributed by atoms with van der Waals surface area (Å²) >= 11 is 5.08. The predicted octanol–water partition coefficient (Wildman–Crippen LogP) is 5.32. The molecule has 126 valence electrons. The van der Waals surface area contributed by atoms with E-state index in [0.29, 0.717) is 5.57 Å². The van der Waals surface area contributed by atoms with E-state index in [1.54, 1.807) is 24.5 Å². The molecule has 1 heterocycles. The van der Waals surface area contributed by atoms with Crippen LogP contribution in [0.3, 0.4) is 0 Å². The summed E-state index contributed by atoms with van der Waals surface area (Å²) in [5.74, 6) is 1.12. The van der Waals surface area contributed by atoms with Gasteiger partial charge in [0.2, 0.25) is 0 Å². The van der Waals surface area contributed by atoms with Crippen molar-refractivity contribution in [3.8, 4) is 6.07 Å². The van der Waals surface area contributed by atoms with Gasteiger partial charge >= 0.3 is 0 Å². The van der Waals surface area contributed by atoms with Gasteiger partial charge in [0.1, 0.15) is 0 Å². The topological polar surface area (TPSA) is 60.7 Å². The number of allylic oxidation sites excluding steroid dienone is 1. The Morgan fingerprint density at radius 1 is 1.42 bits per heavy atom. The van der Waals surface area contributed by atoms with E-state index in [9.17, 15) is 0 Å². The van der Waals surface area contributed by atoms with E-state index < -0.39 is 0 Å². The van der Waals surface area contributed by atoms with Crippen LogP contribution in [-0.2, 0) is 6.42 Å². The Morgan fingerprint density at radius 2 is 2.25 bits per heavy atom. The van der Waals surface area contributed by atoms with Crippen molar-refractivity contribution in [1.29, 1.82) is 5.26 Å². The number of nitriles is 1. The number of hydrogen-bond acceptors (Lipinski definition) is 7. The normalized spacial score (nSPS) is 11.2. The van der Waals surface area contributed by atoms with Crippen molar-refractivity contribution >= 4 is 46.4 Å². The van der Waals surface area contributed by atoms with Crippen LogP contribution in [0.25, 0.3) is 0 Å². The molecular formula is C17H20N4S3. The quantitative estimate of drug-likeness (QED) is 0.480. The first-order valence-corrected chi connectivity index (χ1v) is 10.5. The van der Waals surface area contributed by atoms with Crippen molar-refractivity contribution in [3.63, 3.8) is 0 Å². The van der Waals surface area contributed by atoms with Gasteiger partial charge in [-0.05, 0) is 50.0 Å². The van der Waals surface area contributed by atoms with Crippen molar-refractivity contribution < 1.29 is 0 Å². The van der Waals surface area contributed by atoms with Gasteiger partial charge in [0, 0.05) is 34.8 Å². The lowest BCUT2D eigenvalue weighted by Gasteiger charge is -2.11. The van der Waals surface area contributed by atoms with Gasteiger partial charge in [0.25, 0.3) is 0 Å². The number of benzene rings is 1. The van der Waals surface area contributed by atoms with Crippen molar-refractivity contribution in [3.05, 3.63) is 46.6 Å². The Morgan fingerprint density at radius 3 is 3.00 bits per heavy atom. The monoisotopic (exact) mass is 376 g/mol. The van der Waals surface area contributed by atoms with Crippen LogP contribution in [0.2, 0.25) is 0 Å². The Kier molecular flexibility index (Phi) is 7.50. The average Bonchev–Trinajstić information content (AvgIpc) is 3.04. The number of rotatable bonds is 8. The summed E-state index contributed by atoms with van der Waals surface area (Å²) < 4.78 is 4.35. The van der Waals surface area contributed by atoms with Gasteiger partial charge in [-0.25, -0.2) is 4.98 Å². The van der Waals surface area contributed by atoms with E-state index in [-0.39, 0.29) is 0 Å². The van der Waals surface area contributed by atoms with E-state index >= 15 is 0 Å². The highest BCUT2D eigenvalue weighted by Gasteiger charge is 2.06. The first kappa shape index (κ1) is 18.7. The lowest BCUT2D eigenvalue weighted by molar-refractivity contribution is 1.17. The zero-order valence-electron chi connectivity index (χ0n) is 13.9. The van der Waals surface area contributed by atoms with Gasteiger partial charge in [0.15, 0.2) is 4.34 Å². The zero-order chi connectivity index (χ0) is 17.4. The predicted molar refractivity (Wildman–Crippen MR) is 108 cm³/mol. The number of thiazole rings is 1. The molecule has 0 radical (unpaired) electrons. The molecule has 24 heavy (non-hydrogen) atoms. The number of aromatic nitrogens is 1. The summed E-state index contributed by atoms with van der Waals surface area (Å²) in [5.41, 5.74) is 3.70. The zero-order valence-corrected chi connectivity index (χ0v) is 16.4. The highest BCUT2D eigenvalue weighted by molar-refractivity contribution is 8.02. The standard InChI is InChI=1S/C17H20N4S3/c1-12-4-5-15(16(8-12)19-10-13(2)9-18)21-24-17-20-11-14(23-17)6-7-22-3/h4-5,8,10-11,19,21H,6-7H2,1-3H3/b13-10+. The molecule has 2 aromatic rings. The molecule has 0 saturated heterocycles. The van der Waals surface area contributed by atoms with Crippen LogP contribution in [0.1, 0.15) is 17.4 Å². The third-order valence-corrected chi connectivity index (χ3v) is 5.69. The number of nitrogens with one attached hydrogen (secondary N) is 2. The first-order valence-electron chi connectivity index (χ1n) is 7.43. The number of nitrogens with zero attached hydrogens (tertiary/aromatic N) is 2. The van der Waals surface area contributed by atoms with Gasteiger partial charge < -0.3 is 10.0 Å². The highest BCUT2D eigenvalue weighted by atomic mass is 32.2. The summed E-state index contributed by atoms with van der Waals surface area (Å²) in [5, 5.41) is 12.1. The van der Waals surface area contributed by atoms with Crippen LogP contribution in [-0.4, -0.2) is 17.0 Å². The van der Waals surface area contributed by atoms with Gasteiger partial charge in [-0.15, -0.1) is 11.3 Å². The Labute approximate surface area is 155 Å². The van der Waals surface area contributed by atoms with E-state index in [1.165, 1.54) is 16.8 Å². The highest BCUT2D eigenvalue weighted by Crippen LogP contribution is 2.31. The summed E-state index contributed by atoms with van der Waals surface area (Å²) in [6, 6.07) is 8.25. The van der Waals surface area contributed by atoms with Crippen molar-refractivity contribution in [2.75, 3.05) is 22.0 Å². The third kappa shape index (κ3) is 5.78. The molecule has 1 aromatic carbocycles.